The Morgan fingerprint density at radius 1 is 0.458 bits per heavy atom. The van der Waals surface area contributed by atoms with E-state index in [2.05, 4.69) is 73.3 Å². The second-order valence-electron chi connectivity index (χ2n) is 14.0. The number of nitrogens with zero attached hydrogens (tertiary/aromatic N) is 1. The first-order valence-electron chi connectivity index (χ1n) is 20.8. The maximum absolute atomic E-state index is 6.34. The van der Waals surface area contributed by atoms with Gasteiger partial charge in [-0.05, 0) is 64.2 Å². The molecule has 1 atom stereocenters. The summed E-state index contributed by atoms with van der Waals surface area (Å²) in [7, 11) is 0. The third-order valence-electron chi connectivity index (χ3n) is 9.31. The molecule has 1 rings (SSSR count). The van der Waals surface area contributed by atoms with Crippen LogP contribution in [-0.4, -0.2) is 25.9 Å². The van der Waals surface area contributed by atoms with Crippen molar-refractivity contribution in [1.29, 1.82) is 0 Å². The molecule has 0 bridgehead atoms. The molecule has 3 nitrogen and oxygen atoms in total. The van der Waals surface area contributed by atoms with E-state index < -0.39 is 0 Å². The van der Waals surface area contributed by atoms with Crippen molar-refractivity contribution in [1.82, 2.24) is 0 Å². The van der Waals surface area contributed by atoms with Gasteiger partial charge in [0.25, 0.3) is 0 Å². The Balaban J connectivity index is 0.0000221. The van der Waals surface area contributed by atoms with Gasteiger partial charge < -0.3 is 33.5 Å². The highest BCUT2D eigenvalue weighted by Crippen LogP contribution is 2.12. The molecule has 280 valence electrons. The lowest BCUT2D eigenvalue weighted by atomic mass is 10.1. The average Bonchev–Trinajstić information content (AvgIpc) is 3.09. The standard InChI is InChI=1S/C44H80NO2.HI/c1-3-5-7-9-11-13-15-17-19-21-23-25-27-29-31-36-40-46-43-44(42-45-38-34-33-35-39-45)47-41-37-32-30-28-26-24-22-20-18-16-14-12-10-8-6-4-2;/h17-20,33-35,38-39,44H,3-16,21-32,36-37,40-43H2,1-2H3;1H/q+1;/p-1/b19-17-,20-18-;. The molecule has 1 aromatic rings. The Bertz CT molecular complexity index is 783. The van der Waals surface area contributed by atoms with Gasteiger partial charge in [0.2, 0.25) is 0 Å². The molecule has 0 aliphatic rings. The number of rotatable bonds is 37. The van der Waals surface area contributed by atoms with Crippen LogP contribution in [0.1, 0.15) is 194 Å². The molecule has 0 aromatic carbocycles. The quantitative estimate of drug-likeness (QED) is 0.0290. The summed E-state index contributed by atoms with van der Waals surface area (Å²) in [5.74, 6) is 0. The van der Waals surface area contributed by atoms with Crippen molar-refractivity contribution in [2.24, 2.45) is 0 Å². The van der Waals surface area contributed by atoms with E-state index in [1.54, 1.807) is 0 Å². The highest BCUT2D eigenvalue weighted by molar-refractivity contribution is 4.84. The number of unbranched alkanes of at least 4 members (excludes halogenated alkanes) is 24. The molecule has 4 heteroatoms. The van der Waals surface area contributed by atoms with Crippen molar-refractivity contribution in [3.63, 3.8) is 0 Å². The molecule has 0 amide bonds. The maximum Gasteiger partial charge on any atom is 0.176 e. The van der Waals surface area contributed by atoms with Gasteiger partial charge in [-0.15, -0.1) is 0 Å². The van der Waals surface area contributed by atoms with Gasteiger partial charge in [-0.3, -0.25) is 0 Å². The number of hydrogen-bond acceptors (Lipinski definition) is 2. The number of allylic oxidation sites excluding steroid dienone is 4. The van der Waals surface area contributed by atoms with Crippen molar-refractivity contribution >= 4 is 0 Å². The van der Waals surface area contributed by atoms with Gasteiger partial charge in [0.05, 0.1) is 6.61 Å². The lowest BCUT2D eigenvalue weighted by Crippen LogP contribution is -3.00. The Morgan fingerprint density at radius 2 is 0.833 bits per heavy atom. The van der Waals surface area contributed by atoms with Crippen molar-refractivity contribution in [3.05, 3.63) is 54.9 Å². The van der Waals surface area contributed by atoms with E-state index in [1.165, 1.54) is 167 Å². The molecule has 0 N–H and O–H groups in total. The van der Waals surface area contributed by atoms with Crippen LogP contribution < -0.4 is 28.5 Å². The molecule has 0 aliphatic heterocycles. The Morgan fingerprint density at radius 3 is 1.27 bits per heavy atom. The van der Waals surface area contributed by atoms with Crippen LogP contribution in [0.5, 0.6) is 0 Å². The van der Waals surface area contributed by atoms with Crippen LogP contribution >= 0.6 is 0 Å². The van der Waals surface area contributed by atoms with Crippen LogP contribution in [0.15, 0.2) is 54.9 Å². The highest BCUT2D eigenvalue weighted by Gasteiger charge is 2.15. The lowest BCUT2D eigenvalue weighted by molar-refractivity contribution is -0.704. The highest BCUT2D eigenvalue weighted by atomic mass is 127. The Hall–Kier alpha value is -0.720. The fourth-order valence-electron chi connectivity index (χ4n) is 6.21. The van der Waals surface area contributed by atoms with Crippen LogP contribution in [0.25, 0.3) is 0 Å². The maximum atomic E-state index is 6.34. The van der Waals surface area contributed by atoms with Crippen molar-refractivity contribution in [2.75, 3.05) is 19.8 Å². The molecule has 1 unspecified atom stereocenters. The van der Waals surface area contributed by atoms with E-state index >= 15 is 0 Å². The fourth-order valence-corrected chi connectivity index (χ4v) is 6.21. The van der Waals surface area contributed by atoms with Gasteiger partial charge >= 0.3 is 0 Å². The first-order chi connectivity index (χ1) is 23.4. The van der Waals surface area contributed by atoms with Gasteiger partial charge in [0.15, 0.2) is 18.9 Å². The number of aromatic nitrogens is 1. The average molecular weight is 782 g/mol. The zero-order valence-corrected chi connectivity index (χ0v) is 34.2. The lowest BCUT2D eigenvalue weighted by Gasteiger charge is -2.16. The summed E-state index contributed by atoms with van der Waals surface area (Å²) in [6, 6.07) is 6.26. The zero-order valence-electron chi connectivity index (χ0n) is 32.0. The van der Waals surface area contributed by atoms with Crippen LogP contribution in [-0.2, 0) is 16.0 Å². The molecule has 1 aromatic heterocycles. The van der Waals surface area contributed by atoms with E-state index in [9.17, 15) is 0 Å². The molecule has 0 radical (unpaired) electrons. The second kappa shape index (κ2) is 40.7. The molecule has 0 saturated carbocycles. The summed E-state index contributed by atoms with van der Waals surface area (Å²) in [4.78, 5) is 0. The minimum Gasteiger partial charge on any atom is -1.00 e. The van der Waals surface area contributed by atoms with Crippen LogP contribution in [0.4, 0.5) is 0 Å². The van der Waals surface area contributed by atoms with E-state index in [1.807, 2.05) is 0 Å². The molecule has 48 heavy (non-hydrogen) atoms. The topological polar surface area (TPSA) is 22.3 Å². The number of pyridine rings is 1. The molecule has 0 spiro atoms. The summed E-state index contributed by atoms with van der Waals surface area (Å²) in [5, 5.41) is 0. The third kappa shape index (κ3) is 35.1. The molecule has 0 aliphatic carbocycles. The van der Waals surface area contributed by atoms with Crippen molar-refractivity contribution in [2.45, 2.75) is 206 Å². The normalized spacial score (nSPS) is 12.3. The van der Waals surface area contributed by atoms with Gasteiger partial charge in [0, 0.05) is 25.3 Å². The van der Waals surface area contributed by atoms with Crippen LogP contribution in [0.2, 0.25) is 0 Å². The van der Waals surface area contributed by atoms with Gasteiger partial charge in [0.1, 0.15) is 6.10 Å². The molecule has 1 heterocycles. The smallest absolute Gasteiger partial charge is 0.176 e. The summed E-state index contributed by atoms with van der Waals surface area (Å²) in [6.45, 7) is 7.83. The van der Waals surface area contributed by atoms with Gasteiger partial charge in [-0.1, -0.05) is 160 Å². The first kappa shape index (κ1) is 47.3. The zero-order chi connectivity index (χ0) is 33.6. The van der Waals surface area contributed by atoms with E-state index in [4.69, 9.17) is 9.47 Å². The molecular formula is C44H80INO2. The predicted molar refractivity (Wildman–Crippen MR) is 206 cm³/mol. The summed E-state index contributed by atoms with van der Waals surface area (Å²) >= 11 is 0. The van der Waals surface area contributed by atoms with Crippen molar-refractivity contribution < 1.29 is 38.0 Å². The molecule has 0 saturated heterocycles. The van der Waals surface area contributed by atoms with E-state index in [-0.39, 0.29) is 30.1 Å². The first-order valence-corrected chi connectivity index (χ1v) is 20.8. The predicted octanol–water partition coefficient (Wildman–Crippen LogP) is 10.5. The number of halogens is 1. The fraction of sp³-hybridized carbons (Fsp3) is 0.795. The van der Waals surface area contributed by atoms with Crippen LogP contribution in [0, 0.1) is 0 Å². The minimum atomic E-state index is 0. The Kier molecular flexibility index (Phi) is 40.1. The Labute approximate surface area is 317 Å². The van der Waals surface area contributed by atoms with Crippen molar-refractivity contribution in [3.8, 4) is 0 Å². The van der Waals surface area contributed by atoms with E-state index in [0.29, 0.717) is 6.61 Å². The monoisotopic (exact) mass is 782 g/mol. The number of ether oxygens (including phenoxy) is 2. The van der Waals surface area contributed by atoms with Crippen LogP contribution in [0.3, 0.4) is 0 Å². The summed E-state index contributed by atoms with van der Waals surface area (Å²) in [5.41, 5.74) is 0. The summed E-state index contributed by atoms with van der Waals surface area (Å²) in [6.07, 6.45) is 51.6. The van der Waals surface area contributed by atoms with E-state index in [0.717, 1.165) is 32.6 Å². The summed E-state index contributed by atoms with van der Waals surface area (Å²) < 4.78 is 14.7. The van der Waals surface area contributed by atoms with Gasteiger partial charge in [-0.25, -0.2) is 4.57 Å². The molecule has 0 fully saturated rings. The largest absolute Gasteiger partial charge is 1.00 e. The van der Waals surface area contributed by atoms with Gasteiger partial charge in [-0.2, -0.15) is 0 Å². The molecular weight excluding hydrogens is 701 g/mol. The minimum absolute atomic E-state index is 0. The third-order valence-corrected chi connectivity index (χ3v) is 9.31. The SMILES string of the molecule is CCCCCCCC/C=C\CCCCCCCCOCC(C[n+]1ccccc1)OCCCCCCCC/C=C\CCCCCCCC.[I-]. The second-order valence-corrected chi connectivity index (χ2v) is 14.0. The number of hydrogen-bond donors (Lipinski definition) is 0.